The summed E-state index contributed by atoms with van der Waals surface area (Å²) in [6.45, 7) is 3.24. The topological polar surface area (TPSA) is 148 Å². The van der Waals surface area contributed by atoms with E-state index in [1.54, 1.807) is 37.4 Å². The van der Waals surface area contributed by atoms with Crippen LogP contribution in [-0.4, -0.2) is 70.6 Å². The zero-order chi connectivity index (χ0) is 28.5. The SMILES string of the molecule is CC1c2ncccc2OC1C(=O)NC1(C(=O)N[C@H]2CC[C@@H](C)N(S(=O)(=O)c3ccccn3)CC2=O)CCCCC1. The maximum atomic E-state index is 13.8. The molecule has 2 aromatic rings. The van der Waals surface area contributed by atoms with Gasteiger partial charge in [-0.1, -0.05) is 32.3 Å². The highest BCUT2D eigenvalue weighted by atomic mass is 32.2. The third-order valence-electron chi connectivity index (χ3n) is 8.28. The fraction of sp³-hybridized carbons (Fsp3) is 0.536. The number of ether oxygens (including phenoxy) is 1. The summed E-state index contributed by atoms with van der Waals surface area (Å²) in [4.78, 5) is 48.9. The van der Waals surface area contributed by atoms with Gasteiger partial charge in [-0.25, -0.2) is 13.4 Å². The van der Waals surface area contributed by atoms with E-state index in [0.29, 0.717) is 30.7 Å². The number of nitrogens with one attached hydrogen (secondary N) is 2. The van der Waals surface area contributed by atoms with Crippen LogP contribution in [0.1, 0.15) is 70.4 Å². The highest BCUT2D eigenvalue weighted by Gasteiger charge is 2.47. The molecule has 11 nitrogen and oxygen atoms in total. The van der Waals surface area contributed by atoms with Crippen LogP contribution in [0.25, 0.3) is 0 Å². The Morgan fingerprint density at radius 2 is 1.77 bits per heavy atom. The normalized spacial score (nSPS) is 26.7. The molecule has 1 saturated carbocycles. The van der Waals surface area contributed by atoms with Crippen molar-refractivity contribution in [2.24, 2.45) is 0 Å². The number of hydrogen-bond donors (Lipinski definition) is 2. The fourth-order valence-corrected chi connectivity index (χ4v) is 7.46. The third kappa shape index (κ3) is 5.34. The summed E-state index contributed by atoms with van der Waals surface area (Å²) in [7, 11) is -3.99. The molecule has 4 heterocycles. The maximum absolute atomic E-state index is 13.8. The maximum Gasteiger partial charge on any atom is 0.262 e. The van der Waals surface area contributed by atoms with Gasteiger partial charge in [-0.2, -0.15) is 4.31 Å². The zero-order valence-electron chi connectivity index (χ0n) is 22.7. The van der Waals surface area contributed by atoms with E-state index < -0.39 is 51.3 Å². The van der Waals surface area contributed by atoms with Crippen LogP contribution in [-0.2, 0) is 24.4 Å². The summed E-state index contributed by atoms with van der Waals surface area (Å²) in [5, 5.41) is 5.75. The number of pyridine rings is 2. The number of Topliss-reactive ketones (excluding diaryl/α,β-unsaturated/α-hetero) is 1. The predicted octanol–water partition coefficient (Wildman–Crippen LogP) is 2.09. The van der Waals surface area contributed by atoms with Crippen molar-refractivity contribution in [1.29, 1.82) is 0 Å². The van der Waals surface area contributed by atoms with Crippen molar-refractivity contribution in [3.63, 3.8) is 0 Å². The van der Waals surface area contributed by atoms with Crippen molar-refractivity contribution >= 4 is 27.6 Å². The lowest BCUT2D eigenvalue weighted by Gasteiger charge is -2.38. The highest BCUT2D eigenvalue weighted by molar-refractivity contribution is 7.89. The smallest absolute Gasteiger partial charge is 0.262 e. The molecule has 2 aliphatic heterocycles. The Bertz CT molecular complexity index is 1380. The van der Waals surface area contributed by atoms with Crippen molar-refractivity contribution in [3.05, 3.63) is 48.4 Å². The summed E-state index contributed by atoms with van der Waals surface area (Å²) < 4.78 is 33.5. The minimum atomic E-state index is -3.99. The van der Waals surface area contributed by atoms with Gasteiger partial charge in [-0.15, -0.1) is 0 Å². The van der Waals surface area contributed by atoms with Gasteiger partial charge in [0.1, 0.15) is 11.3 Å². The van der Waals surface area contributed by atoms with E-state index in [1.807, 2.05) is 6.92 Å². The van der Waals surface area contributed by atoms with Crippen molar-refractivity contribution < 1.29 is 27.5 Å². The van der Waals surface area contributed by atoms with Gasteiger partial charge in [0.2, 0.25) is 5.91 Å². The minimum Gasteiger partial charge on any atom is -0.478 e. The second-order valence-corrected chi connectivity index (χ2v) is 12.8. The number of sulfonamides is 1. The second-order valence-electron chi connectivity index (χ2n) is 11.0. The van der Waals surface area contributed by atoms with Gasteiger partial charge < -0.3 is 15.4 Å². The van der Waals surface area contributed by atoms with Gasteiger partial charge in [0.25, 0.3) is 15.9 Å². The van der Waals surface area contributed by atoms with E-state index in [1.165, 1.54) is 12.3 Å². The van der Waals surface area contributed by atoms with Gasteiger partial charge >= 0.3 is 0 Å². The Labute approximate surface area is 234 Å². The van der Waals surface area contributed by atoms with Crippen LogP contribution in [0, 0.1) is 0 Å². The summed E-state index contributed by atoms with van der Waals surface area (Å²) in [5.41, 5.74) is -0.480. The summed E-state index contributed by atoms with van der Waals surface area (Å²) in [5.74, 6) is -0.939. The molecule has 2 amide bonds. The standard InChI is InChI=1S/C28H35N5O6S/c1-18-11-12-20(21(34)17-33(18)40(37,38)23-10-4-7-15-29-23)31-27(36)28(13-5-3-6-14-28)32-26(35)25-19(2)24-22(39-25)9-8-16-30-24/h4,7-10,15-16,18-20,25H,3,5-6,11-14,17H2,1-2H3,(H,31,36)(H,32,35)/t18-,19?,20+,25?/m1/s1. The van der Waals surface area contributed by atoms with Crippen molar-refractivity contribution in [2.45, 2.75) is 93.5 Å². The van der Waals surface area contributed by atoms with Gasteiger partial charge in [-0.3, -0.25) is 19.4 Å². The molecule has 2 fully saturated rings. The summed E-state index contributed by atoms with van der Waals surface area (Å²) in [6.07, 6.45) is 6.22. The lowest BCUT2D eigenvalue weighted by atomic mass is 9.80. The highest BCUT2D eigenvalue weighted by Crippen LogP contribution is 2.37. The first kappa shape index (κ1) is 28.2. The second kappa shape index (κ2) is 11.2. The molecule has 0 radical (unpaired) electrons. The lowest BCUT2D eigenvalue weighted by molar-refractivity contribution is -0.139. The van der Waals surface area contributed by atoms with E-state index in [-0.39, 0.29) is 23.9 Å². The molecule has 0 aromatic carbocycles. The van der Waals surface area contributed by atoms with Crippen molar-refractivity contribution in [2.75, 3.05) is 6.54 Å². The average molecular weight is 570 g/mol. The number of rotatable bonds is 6. The average Bonchev–Trinajstić information content (AvgIpc) is 3.23. The van der Waals surface area contributed by atoms with Gasteiger partial charge in [0.15, 0.2) is 16.9 Å². The lowest BCUT2D eigenvalue weighted by Crippen LogP contribution is -2.63. The molecular formula is C28H35N5O6S. The third-order valence-corrected chi connectivity index (χ3v) is 10.2. The van der Waals surface area contributed by atoms with Crippen LogP contribution in [0.3, 0.4) is 0 Å². The van der Waals surface area contributed by atoms with Gasteiger partial charge in [0, 0.05) is 24.4 Å². The molecule has 40 heavy (non-hydrogen) atoms. The number of carbonyl (C=O) groups excluding carboxylic acids is 3. The van der Waals surface area contributed by atoms with Gasteiger partial charge in [0.05, 0.1) is 18.3 Å². The molecule has 0 spiro atoms. The Kier molecular flexibility index (Phi) is 7.92. The van der Waals surface area contributed by atoms with E-state index in [9.17, 15) is 22.8 Å². The van der Waals surface area contributed by atoms with Crippen LogP contribution in [0.4, 0.5) is 0 Å². The van der Waals surface area contributed by atoms with Crippen LogP contribution in [0.15, 0.2) is 47.8 Å². The van der Waals surface area contributed by atoms with E-state index >= 15 is 0 Å². The first-order valence-electron chi connectivity index (χ1n) is 13.8. The largest absolute Gasteiger partial charge is 0.478 e. The van der Waals surface area contributed by atoms with Crippen LogP contribution in [0.2, 0.25) is 0 Å². The van der Waals surface area contributed by atoms with Crippen molar-refractivity contribution in [1.82, 2.24) is 24.9 Å². The molecule has 1 aliphatic carbocycles. The molecule has 4 atom stereocenters. The number of fused-ring (bicyclic) bond motifs is 1. The van der Waals surface area contributed by atoms with E-state index in [4.69, 9.17) is 4.74 Å². The molecule has 214 valence electrons. The monoisotopic (exact) mass is 569 g/mol. The van der Waals surface area contributed by atoms with Crippen LogP contribution in [0.5, 0.6) is 5.75 Å². The molecule has 12 heteroatoms. The Morgan fingerprint density at radius 3 is 2.48 bits per heavy atom. The molecule has 3 aliphatic rings. The molecule has 1 saturated heterocycles. The fourth-order valence-electron chi connectivity index (χ4n) is 5.90. The number of hydrogen-bond acceptors (Lipinski definition) is 8. The number of amides is 2. The molecular weight excluding hydrogens is 534 g/mol. The predicted molar refractivity (Wildman–Crippen MR) is 145 cm³/mol. The molecule has 2 unspecified atom stereocenters. The number of carbonyl (C=O) groups is 3. The summed E-state index contributed by atoms with van der Waals surface area (Å²) >= 11 is 0. The zero-order valence-corrected chi connectivity index (χ0v) is 23.5. The Hall–Kier alpha value is -3.38. The van der Waals surface area contributed by atoms with E-state index in [0.717, 1.165) is 23.6 Å². The summed E-state index contributed by atoms with van der Waals surface area (Å²) in [6, 6.07) is 6.78. The number of aromatic nitrogens is 2. The number of nitrogens with zero attached hydrogens (tertiary/aromatic N) is 3. The first-order chi connectivity index (χ1) is 19.1. The molecule has 0 bridgehead atoms. The van der Waals surface area contributed by atoms with Crippen LogP contribution >= 0.6 is 0 Å². The minimum absolute atomic E-state index is 0.123. The molecule has 2 aromatic heterocycles. The van der Waals surface area contributed by atoms with E-state index in [2.05, 4.69) is 20.6 Å². The van der Waals surface area contributed by atoms with Crippen LogP contribution < -0.4 is 15.4 Å². The number of ketones is 1. The molecule has 5 rings (SSSR count). The van der Waals surface area contributed by atoms with Gasteiger partial charge in [-0.05, 0) is 56.9 Å². The molecule has 2 N–H and O–H groups in total. The first-order valence-corrected chi connectivity index (χ1v) is 15.3. The Morgan fingerprint density at radius 1 is 1.02 bits per heavy atom. The van der Waals surface area contributed by atoms with Crippen molar-refractivity contribution in [3.8, 4) is 5.75 Å². The Balaban J connectivity index is 1.30. The quantitative estimate of drug-likeness (QED) is 0.538.